The molecule has 10 heteroatoms. The molecular weight excluding hydrogens is 436 g/mol. The van der Waals surface area contributed by atoms with Gasteiger partial charge < -0.3 is 15.1 Å². The Morgan fingerprint density at radius 3 is 2.72 bits per heavy atom. The van der Waals surface area contributed by atoms with Gasteiger partial charge in [0.05, 0.1) is 22.7 Å². The van der Waals surface area contributed by atoms with E-state index in [1.165, 1.54) is 18.6 Å². The number of fused-ring (bicyclic) bond motifs is 3. The summed E-state index contributed by atoms with van der Waals surface area (Å²) in [7, 11) is -0.794. The number of alkyl halides is 2. The maximum Gasteiger partial charge on any atom is 0.263 e. The quantitative estimate of drug-likeness (QED) is 0.747. The largest absolute Gasteiger partial charge is 0.369 e. The fourth-order valence-electron chi connectivity index (χ4n) is 6.37. The van der Waals surface area contributed by atoms with E-state index in [9.17, 15) is 17.2 Å². The summed E-state index contributed by atoms with van der Waals surface area (Å²) in [6.07, 6.45) is 2.02. The van der Waals surface area contributed by atoms with Crippen LogP contribution in [-0.2, 0) is 9.84 Å². The minimum absolute atomic E-state index is 0.0601. The van der Waals surface area contributed by atoms with E-state index in [0.717, 1.165) is 19.4 Å². The third kappa shape index (κ3) is 3.34. The number of benzene rings is 1. The molecule has 2 bridgehead atoms. The zero-order valence-corrected chi connectivity index (χ0v) is 18.8. The van der Waals surface area contributed by atoms with E-state index in [1.807, 2.05) is 4.90 Å². The predicted molar refractivity (Wildman–Crippen MR) is 119 cm³/mol. The van der Waals surface area contributed by atoms with Gasteiger partial charge in [0, 0.05) is 54.3 Å². The molecule has 0 radical (unpaired) electrons. The lowest BCUT2D eigenvalue weighted by atomic mass is 9.91. The molecule has 4 aliphatic rings. The topological polar surface area (TPSA) is 78.4 Å². The number of hydrogen-bond donors (Lipinski definition) is 1. The first-order valence-corrected chi connectivity index (χ1v) is 13.0. The average Bonchev–Trinajstić information content (AvgIpc) is 3.40. The van der Waals surface area contributed by atoms with Gasteiger partial charge in [-0.2, -0.15) is 0 Å². The van der Waals surface area contributed by atoms with Crippen LogP contribution < -0.4 is 10.2 Å². The van der Waals surface area contributed by atoms with Gasteiger partial charge >= 0.3 is 0 Å². The second kappa shape index (κ2) is 6.96. The number of halogens is 2. The van der Waals surface area contributed by atoms with E-state index in [4.69, 9.17) is 4.98 Å². The van der Waals surface area contributed by atoms with Gasteiger partial charge in [-0.05, 0) is 44.4 Å². The Balaban J connectivity index is 1.32. The Bertz CT molecular complexity index is 1180. The number of nitrogens with zero attached hydrogens (tertiary/aromatic N) is 4. The minimum atomic E-state index is -2.96. The molecule has 1 aromatic carbocycles. The molecule has 32 heavy (non-hydrogen) atoms. The SMILES string of the molecule is CN1C[C@H]2CC1C[C@@H]2Nc1ncc2cc(C(F)F)cc(N3CCC4(C3)CS(=O)(=O)C4)c2n1. The number of rotatable bonds is 4. The number of anilines is 2. The van der Waals surface area contributed by atoms with E-state index >= 15 is 0 Å². The van der Waals surface area contributed by atoms with Crippen LogP contribution >= 0.6 is 0 Å². The maximum atomic E-state index is 13.6. The molecule has 1 spiro atoms. The van der Waals surface area contributed by atoms with Crippen molar-refractivity contribution in [3.63, 3.8) is 0 Å². The summed E-state index contributed by atoms with van der Waals surface area (Å²) in [6, 6.07) is 3.90. The Labute approximate surface area is 186 Å². The molecule has 1 N–H and O–H groups in total. The normalized spacial score (nSPS) is 30.5. The lowest BCUT2D eigenvalue weighted by molar-refractivity contribution is 0.151. The molecule has 0 amide bonds. The fraction of sp³-hybridized carbons (Fsp3) is 0.636. The molecule has 4 heterocycles. The first kappa shape index (κ1) is 20.5. The average molecular weight is 464 g/mol. The van der Waals surface area contributed by atoms with Crippen molar-refractivity contribution < 1.29 is 17.2 Å². The lowest BCUT2D eigenvalue weighted by Crippen LogP contribution is -2.50. The predicted octanol–water partition coefficient (Wildman–Crippen LogP) is 2.70. The zero-order valence-electron chi connectivity index (χ0n) is 18.0. The Morgan fingerprint density at radius 1 is 1.25 bits per heavy atom. The van der Waals surface area contributed by atoms with E-state index in [0.29, 0.717) is 53.6 Å². The van der Waals surface area contributed by atoms with Crippen LogP contribution in [0.15, 0.2) is 18.3 Å². The van der Waals surface area contributed by atoms with E-state index in [-0.39, 0.29) is 22.5 Å². The third-order valence-electron chi connectivity index (χ3n) is 7.90. The number of hydrogen-bond acceptors (Lipinski definition) is 7. The van der Waals surface area contributed by atoms with Crippen molar-refractivity contribution in [2.75, 3.05) is 48.4 Å². The van der Waals surface area contributed by atoms with E-state index in [1.54, 1.807) is 6.20 Å². The first-order chi connectivity index (χ1) is 15.2. The van der Waals surface area contributed by atoms with Crippen LogP contribution in [0.25, 0.3) is 10.9 Å². The lowest BCUT2D eigenvalue weighted by Gasteiger charge is -2.37. The summed E-state index contributed by atoms with van der Waals surface area (Å²) in [6.45, 7) is 2.26. The molecule has 7 nitrogen and oxygen atoms in total. The van der Waals surface area contributed by atoms with Crippen LogP contribution in [-0.4, -0.2) is 73.6 Å². The first-order valence-electron chi connectivity index (χ1n) is 11.2. The Morgan fingerprint density at radius 2 is 2.06 bits per heavy atom. The molecule has 1 aromatic heterocycles. The number of sulfone groups is 1. The van der Waals surface area contributed by atoms with Gasteiger partial charge in [0.25, 0.3) is 6.43 Å². The molecule has 3 aliphatic heterocycles. The van der Waals surface area contributed by atoms with Gasteiger partial charge in [0.1, 0.15) is 0 Å². The van der Waals surface area contributed by atoms with Gasteiger partial charge in [0.2, 0.25) is 5.95 Å². The summed E-state index contributed by atoms with van der Waals surface area (Å²) in [5.41, 5.74) is 0.980. The number of aromatic nitrogens is 2. The van der Waals surface area contributed by atoms with Gasteiger partial charge in [0.15, 0.2) is 9.84 Å². The molecule has 3 saturated heterocycles. The van der Waals surface area contributed by atoms with Crippen LogP contribution in [0, 0.1) is 11.3 Å². The van der Waals surface area contributed by atoms with Crippen LogP contribution in [0.5, 0.6) is 0 Å². The van der Waals surface area contributed by atoms with Crippen molar-refractivity contribution in [1.82, 2.24) is 14.9 Å². The number of nitrogens with one attached hydrogen (secondary N) is 1. The monoisotopic (exact) mass is 463 g/mol. The Kier molecular flexibility index (Phi) is 4.47. The molecule has 172 valence electrons. The smallest absolute Gasteiger partial charge is 0.263 e. The van der Waals surface area contributed by atoms with Crippen LogP contribution in [0.1, 0.15) is 31.3 Å². The number of piperidine rings is 1. The van der Waals surface area contributed by atoms with Crippen molar-refractivity contribution in [1.29, 1.82) is 0 Å². The van der Waals surface area contributed by atoms with Gasteiger partial charge in [-0.25, -0.2) is 27.2 Å². The molecule has 1 unspecified atom stereocenters. The van der Waals surface area contributed by atoms with Gasteiger partial charge in [-0.1, -0.05) is 0 Å². The zero-order chi connectivity index (χ0) is 22.3. The van der Waals surface area contributed by atoms with Crippen molar-refractivity contribution in [3.8, 4) is 0 Å². The highest BCUT2D eigenvalue weighted by molar-refractivity contribution is 7.92. The van der Waals surface area contributed by atoms with E-state index < -0.39 is 16.3 Å². The van der Waals surface area contributed by atoms with Crippen molar-refractivity contribution >= 4 is 32.4 Å². The molecule has 1 saturated carbocycles. The molecule has 4 fully saturated rings. The minimum Gasteiger partial charge on any atom is -0.369 e. The third-order valence-corrected chi connectivity index (χ3v) is 10.0. The molecule has 2 aromatic rings. The number of likely N-dealkylation sites (tertiary alicyclic amines) is 1. The highest BCUT2D eigenvalue weighted by Gasteiger charge is 2.52. The fourth-order valence-corrected chi connectivity index (χ4v) is 8.62. The van der Waals surface area contributed by atoms with Gasteiger partial charge in [-0.3, -0.25) is 0 Å². The van der Waals surface area contributed by atoms with E-state index in [2.05, 4.69) is 22.2 Å². The standard InChI is InChI=1S/C22H27F2N5O2S/c1-28-9-15-5-16(28)7-17(15)26-21-25-8-14-4-13(20(23)24)6-18(19(14)27-21)29-3-2-22(10-29)11-32(30,31)12-22/h4,6,8,15-17,20H,2-3,5,7,9-12H2,1H3,(H,25,26,27)/t15-,16?,17+/m1/s1. The maximum absolute atomic E-state index is 13.6. The molecule has 1 aliphatic carbocycles. The highest BCUT2D eigenvalue weighted by atomic mass is 32.2. The molecule has 6 rings (SSSR count). The summed E-state index contributed by atoms with van der Waals surface area (Å²) < 4.78 is 50.8. The van der Waals surface area contributed by atoms with Crippen molar-refractivity contribution in [2.24, 2.45) is 11.3 Å². The summed E-state index contributed by atoms with van der Waals surface area (Å²) in [5.74, 6) is 1.47. The van der Waals surface area contributed by atoms with Crippen LogP contribution in [0.2, 0.25) is 0 Å². The van der Waals surface area contributed by atoms with Crippen LogP contribution in [0.3, 0.4) is 0 Å². The van der Waals surface area contributed by atoms with Gasteiger partial charge in [-0.15, -0.1) is 0 Å². The summed E-state index contributed by atoms with van der Waals surface area (Å²) in [5, 5.41) is 4.08. The Hall–Kier alpha value is -2.07. The van der Waals surface area contributed by atoms with Crippen LogP contribution in [0.4, 0.5) is 20.4 Å². The summed E-state index contributed by atoms with van der Waals surface area (Å²) >= 11 is 0. The van der Waals surface area contributed by atoms with Crippen molar-refractivity contribution in [3.05, 3.63) is 23.9 Å². The summed E-state index contributed by atoms with van der Waals surface area (Å²) in [4.78, 5) is 13.6. The second-order valence-corrected chi connectivity index (χ2v) is 12.3. The van der Waals surface area contributed by atoms with Crippen molar-refractivity contribution in [2.45, 2.75) is 37.8 Å². The highest BCUT2D eigenvalue weighted by Crippen LogP contribution is 2.45. The molecular formula is C22H27F2N5O2S. The molecule has 3 atom stereocenters. The second-order valence-electron chi connectivity index (χ2n) is 10.3.